The highest BCUT2D eigenvalue weighted by Crippen LogP contribution is 2.20. The van der Waals surface area contributed by atoms with E-state index in [1.807, 2.05) is 25.1 Å². The van der Waals surface area contributed by atoms with Gasteiger partial charge in [0.15, 0.2) is 0 Å². The van der Waals surface area contributed by atoms with Crippen LogP contribution in [0.2, 0.25) is 0 Å². The Labute approximate surface area is 84.4 Å². The largest absolute Gasteiger partial charge is 0.507 e. The fourth-order valence-electron chi connectivity index (χ4n) is 1.28. The Kier molecular flexibility index (Phi) is 3.92. The summed E-state index contributed by atoms with van der Waals surface area (Å²) in [6.07, 6.45) is -0.359. The van der Waals surface area contributed by atoms with Gasteiger partial charge in [0.05, 0.1) is 6.10 Å². The van der Waals surface area contributed by atoms with E-state index in [1.165, 1.54) is 0 Å². The van der Waals surface area contributed by atoms with Crippen LogP contribution in [0, 0.1) is 6.92 Å². The van der Waals surface area contributed by atoms with Crippen molar-refractivity contribution in [1.29, 1.82) is 0 Å². The molecule has 0 saturated carbocycles. The third-order valence-electron chi connectivity index (χ3n) is 2.08. The molecule has 0 bridgehead atoms. The highest BCUT2D eigenvalue weighted by atomic mass is 16.3. The predicted octanol–water partition coefficient (Wildman–Crippen LogP) is 1.17. The smallest absolute Gasteiger partial charge is 0.122 e. The average Bonchev–Trinajstić information content (AvgIpc) is 2.12. The van der Waals surface area contributed by atoms with Crippen LogP contribution in [-0.2, 0) is 6.54 Å². The number of hydrogen-bond acceptors (Lipinski definition) is 3. The summed E-state index contributed by atoms with van der Waals surface area (Å²) in [5.41, 5.74) is 1.74. The van der Waals surface area contributed by atoms with Crippen LogP contribution in [0.3, 0.4) is 0 Å². The highest BCUT2D eigenvalue weighted by molar-refractivity contribution is 5.39. The van der Waals surface area contributed by atoms with E-state index in [2.05, 4.69) is 5.32 Å². The van der Waals surface area contributed by atoms with Gasteiger partial charge in [-0.15, -0.1) is 0 Å². The Morgan fingerprint density at radius 3 is 2.79 bits per heavy atom. The van der Waals surface area contributed by atoms with Gasteiger partial charge < -0.3 is 15.5 Å². The highest BCUT2D eigenvalue weighted by Gasteiger charge is 2.03. The summed E-state index contributed by atoms with van der Waals surface area (Å²) in [6, 6.07) is 5.65. The van der Waals surface area contributed by atoms with Gasteiger partial charge in [-0.05, 0) is 19.4 Å². The van der Waals surface area contributed by atoms with E-state index >= 15 is 0 Å². The van der Waals surface area contributed by atoms with Gasteiger partial charge in [0.1, 0.15) is 5.75 Å². The molecule has 0 heterocycles. The molecule has 3 nitrogen and oxygen atoms in total. The van der Waals surface area contributed by atoms with Crippen LogP contribution in [0.25, 0.3) is 0 Å². The van der Waals surface area contributed by atoms with Crippen LogP contribution in [0.4, 0.5) is 0 Å². The quantitative estimate of drug-likeness (QED) is 0.676. The van der Waals surface area contributed by atoms with Gasteiger partial charge in [0.2, 0.25) is 0 Å². The molecule has 0 aliphatic rings. The van der Waals surface area contributed by atoms with Crippen molar-refractivity contribution >= 4 is 0 Å². The van der Waals surface area contributed by atoms with Crippen LogP contribution in [-0.4, -0.2) is 22.9 Å². The molecule has 0 saturated heterocycles. The zero-order valence-corrected chi connectivity index (χ0v) is 8.62. The summed E-state index contributed by atoms with van der Waals surface area (Å²) < 4.78 is 0. The lowest BCUT2D eigenvalue weighted by Crippen LogP contribution is -2.23. The maximum Gasteiger partial charge on any atom is 0.122 e. The molecule has 0 aliphatic carbocycles. The normalized spacial score (nSPS) is 12.8. The predicted molar refractivity (Wildman–Crippen MR) is 56.2 cm³/mol. The number of aromatic hydroxyl groups is 1. The standard InChI is InChI=1S/C11H17NO2/c1-8-4-3-5-10(11(8)14)7-12-6-9(2)13/h3-5,9,12-14H,6-7H2,1-2H3/t9-/m0/s1. The Morgan fingerprint density at radius 1 is 1.43 bits per heavy atom. The number of rotatable bonds is 4. The minimum Gasteiger partial charge on any atom is -0.507 e. The molecular weight excluding hydrogens is 178 g/mol. The SMILES string of the molecule is Cc1cccc(CNC[C@H](C)O)c1O. The number of aliphatic hydroxyl groups excluding tert-OH is 1. The summed E-state index contributed by atoms with van der Waals surface area (Å²) in [6.45, 7) is 4.71. The van der Waals surface area contributed by atoms with Crippen molar-refractivity contribution in [3.63, 3.8) is 0 Å². The van der Waals surface area contributed by atoms with Gasteiger partial charge in [-0.2, -0.15) is 0 Å². The Morgan fingerprint density at radius 2 is 2.14 bits per heavy atom. The molecule has 0 aliphatic heterocycles. The van der Waals surface area contributed by atoms with E-state index in [9.17, 15) is 5.11 Å². The summed E-state index contributed by atoms with van der Waals surface area (Å²) in [4.78, 5) is 0. The Hall–Kier alpha value is -1.06. The van der Waals surface area contributed by atoms with Gasteiger partial charge in [0.25, 0.3) is 0 Å². The molecule has 0 spiro atoms. The lowest BCUT2D eigenvalue weighted by Gasteiger charge is -2.09. The number of benzene rings is 1. The molecule has 0 unspecified atom stereocenters. The second-order valence-electron chi connectivity index (χ2n) is 3.56. The Balaban J connectivity index is 2.54. The van der Waals surface area contributed by atoms with Crippen LogP contribution in [0.5, 0.6) is 5.75 Å². The van der Waals surface area contributed by atoms with E-state index in [-0.39, 0.29) is 6.10 Å². The molecule has 3 N–H and O–H groups in total. The summed E-state index contributed by atoms with van der Waals surface area (Å²) in [5.74, 6) is 0.339. The molecule has 0 aromatic heterocycles. The Bertz CT molecular complexity index is 297. The van der Waals surface area contributed by atoms with Crippen molar-refractivity contribution in [2.45, 2.75) is 26.5 Å². The van der Waals surface area contributed by atoms with Gasteiger partial charge >= 0.3 is 0 Å². The summed E-state index contributed by atoms with van der Waals surface area (Å²) >= 11 is 0. The van der Waals surface area contributed by atoms with Crippen LogP contribution < -0.4 is 5.32 Å². The van der Waals surface area contributed by atoms with Crippen molar-refractivity contribution in [2.75, 3.05) is 6.54 Å². The number of phenolic OH excluding ortho intramolecular Hbond substituents is 1. The minimum atomic E-state index is -0.359. The lowest BCUT2D eigenvalue weighted by molar-refractivity contribution is 0.191. The first-order chi connectivity index (χ1) is 6.61. The van der Waals surface area contributed by atoms with Crippen LogP contribution in [0.15, 0.2) is 18.2 Å². The van der Waals surface area contributed by atoms with Crippen molar-refractivity contribution in [1.82, 2.24) is 5.32 Å². The van der Waals surface area contributed by atoms with Gasteiger partial charge in [-0.3, -0.25) is 0 Å². The molecule has 1 rings (SSSR count). The number of para-hydroxylation sites is 1. The van der Waals surface area contributed by atoms with Gasteiger partial charge in [-0.1, -0.05) is 18.2 Å². The maximum absolute atomic E-state index is 9.66. The number of aryl methyl sites for hydroxylation is 1. The van der Waals surface area contributed by atoms with Crippen molar-refractivity contribution in [2.24, 2.45) is 0 Å². The summed E-state index contributed by atoms with van der Waals surface area (Å²) in [5, 5.41) is 21.7. The summed E-state index contributed by atoms with van der Waals surface area (Å²) in [7, 11) is 0. The topological polar surface area (TPSA) is 52.5 Å². The molecule has 1 atom stereocenters. The monoisotopic (exact) mass is 195 g/mol. The van der Waals surface area contributed by atoms with E-state index in [0.717, 1.165) is 11.1 Å². The average molecular weight is 195 g/mol. The third kappa shape index (κ3) is 3.01. The molecule has 0 fully saturated rings. The molecule has 3 heteroatoms. The molecule has 0 radical (unpaired) electrons. The maximum atomic E-state index is 9.66. The van der Waals surface area contributed by atoms with E-state index in [1.54, 1.807) is 6.92 Å². The molecule has 1 aromatic carbocycles. The van der Waals surface area contributed by atoms with Crippen molar-refractivity contribution < 1.29 is 10.2 Å². The number of aliphatic hydroxyl groups is 1. The lowest BCUT2D eigenvalue weighted by atomic mass is 10.1. The third-order valence-corrected chi connectivity index (χ3v) is 2.08. The van der Waals surface area contributed by atoms with E-state index in [0.29, 0.717) is 18.8 Å². The first-order valence-corrected chi connectivity index (χ1v) is 4.77. The first kappa shape index (κ1) is 11.0. The second kappa shape index (κ2) is 4.98. The second-order valence-corrected chi connectivity index (χ2v) is 3.56. The number of nitrogens with one attached hydrogen (secondary N) is 1. The fourth-order valence-corrected chi connectivity index (χ4v) is 1.28. The fraction of sp³-hybridized carbons (Fsp3) is 0.455. The van der Waals surface area contributed by atoms with Gasteiger partial charge in [0, 0.05) is 18.7 Å². The zero-order chi connectivity index (χ0) is 10.6. The number of phenols is 1. The van der Waals surface area contributed by atoms with Gasteiger partial charge in [-0.25, -0.2) is 0 Å². The molecule has 0 amide bonds. The number of hydrogen-bond donors (Lipinski definition) is 3. The minimum absolute atomic E-state index is 0.339. The van der Waals surface area contributed by atoms with Crippen LogP contribution >= 0.6 is 0 Å². The van der Waals surface area contributed by atoms with Crippen molar-refractivity contribution in [3.8, 4) is 5.75 Å². The molecule has 1 aromatic rings. The molecular formula is C11H17NO2. The van der Waals surface area contributed by atoms with Crippen LogP contribution in [0.1, 0.15) is 18.1 Å². The van der Waals surface area contributed by atoms with E-state index < -0.39 is 0 Å². The molecule has 14 heavy (non-hydrogen) atoms. The zero-order valence-electron chi connectivity index (χ0n) is 8.62. The van der Waals surface area contributed by atoms with E-state index in [4.69, 9.17) is 5.11 Å². The van der Waals surface area contributed by atoms with Crippen molar-refractivity contribution in [3.05, 3.63) is 29.3 Å². The first-order valence-electron chi connectivity index (χ1n) is 4.77. The molecule has 78 valence electrons.